The number of thiophene rings is 1. The number of benzene rings is 1. The SMILES string of the molecule is COc1cc(C(=O)Nc2sc3c(c2C#N)CC[C@H](C)C3)ccc1OC(F)F. The molecule has 1 aliphatic carbocycles. The number of hydrogen-bond donors (Lipinski definition) is 1. The first kappa shape index (κ1) is 19.1. The maximum absolute atomic E-state index is 12.6. The van der Waals surface area contributed by atoms with Crippen molar-refractivity contribution in [3.05, 3.63) is 39.8 Å². The summed E-state index contributed by atoms with van der Waals surface area (Å²) in [5.74, 6) is -0.0111. The number of carbonyl (C=O) groups is 1. The first-order chi connectivity index (χ1) is 12.9. The van der Waals surface area contributed by atoms with Gasteiger partial charge in [-0.2, -0.15) is 14.0 Å². The fraction of sp³-hybridized carbons (Fsp3) is 0.368. The smallest absolute Gasteiger partial charge is 0.387 e. The van der Waals surface area contributed by atoms with E-state index in [9.17, 15) is 18.8 Å². The summed E-state index contributed by atoms with van der Waals surface area (Å²) >= 11 is 1.43. The Balaban J connectivity index is 1.85. The predicted octanol–water partition coefficient (Wildman–Crippen LogP) is 4.61. The number of nitrogens with zero attached hydrogens (tertiary/aromatic N) is 1. The molecule has 0 saturated heterocycles. The fourth-order valence-corrected chi connectivity index (χ4v) is 4.49. The molecule has 8 heteroatoms. The molecule has 0 bridgehead atoms. The molecule has 1 aromatic heterocycles. The Bertz CT molecular complexity index is 905. The van der Waals surface area contributed by atoms with Crippen molar-refractivity contribution >= 4 is 22.2 Å². The Hall–Kier alpha value is -2.66. The number of anilines is 1. The van der Waals surface area contributed by atoms with E-state index < -0.39 is 12.5 Å². The summed E-state index contributed by atoms with van der Waals surface area (Å²) < 4.78 is 34.2. The third kappa shape index (κ3) is 4.03. The van der Waals surface area contributed by atoms with Gasteiger partial charge in [0.2, 0.25) is 0 Å². The summed E-state index contributed by atoms with van der Waals surface area (Å²) in [5.41, 5.74) is 1.76. The van der Waals surface area contributed by atoms with Gasteiger partial charge in [-0.3, -0.25) is 4.79 Å². The number of ether oxygens (including phenoxy) is 2. The van der Waals surface area contributed by atoms with Gasteiger partial charge in [0.05, 0.1) is 12.7 Å². The largest absolute Gasteiger partial charge is 0.493 e. The predicted molar refractivity (Wildman–Crippen MR) is 97.8 cm³/mol. The number of nitriles is 1. The average molecular weight is 392 g/mol. The van der Waals surface area contributed by atoms with E-state index in [-0.39, 0.29) is 17.1 Å². The second-order valence-corrected chi connectivity index (χ2v) is 7.47. The molecular formula is C19H18F2N2O3S. The molecule has 0 saturated carbocycles. The van der Waals surface area contributed by atoms with E-state index in [1.807, 2.05) is 0 Å². The molecule has 0 aliphatic heterocycles. The van der Waals surface area contributed by atoms with Crippen molar-refractivity contribution in [2.75, 3.05) is 12.4 Å². The Labute approximate surface area is 159 Å². The molecule has 3 rings (SSSR count). The van der Waals surface area contributed by atoms with Crippen LogP contribution in [0.5, 0.6) is 11.5 Å². The Morgan fingerprint density at radius 3 is 2.85 bits per heavy atom. The minimum atomic E-state index is -2.99. The van der Waals surface area contributed by atoms with E-state index in [4.69, 9.17) is 4.74 Å². The zero-order valence-electron chi connectivity index (χ0n) is 14.8. The third-order valence-electron chi connectivity index (χ3n) is 4.49. The zero-order chi connectivity index (χ0) is 19.6. The van der Waals surface area contributed by atoms with Crippen LogP contribution in [0.4, 0.5) is 13.8 Å². The summed E-state index contributed by atoms with van der Waals surface area (Å²) in [4.78, 5) is 13.7. The second kappa shape index (κ2) is 7.92. The van der Waals surface area contributed by atoms with E-state index in [1.165, 1.54) is 36.6 Å². The summed E-state index contributed by atoms with van der Waals surface area (Å²) in [5, 5.41) is 12.8. The molecule has 1 heterocycles. The number of halogens is 2. The summed E-state index contributed by atoms with van der Waals surface area (Å²) in [6, 6.07) is 6.15. The van der Waals surface area contributed by atoms with Crippen LogP contribution in [-0.4, -0.2) is 19.6 Å². The molecule has 0 fully saturated rings. The molecule has 1 aromatic carbocycles. The van der Waals surface area contributed by atoms with Crippen LogP contribution in [0.25, 0.3) is 0 Å². The number of rotatable bonds is 5. The van der Waals surface area contributed by atoms with Crippen LogP contribution in [0.15, 0.2) is 18.2 Å². The molecule has 27 heavy (non-hydrogen) atoms. The molecule has 0 unspecified atom stereocenters. The second-order valence-electron chi connectivity index (χ2n) is 6.37. The van der Waals surface area contributed by atoms with E-state index in [1.54, 1.807) is 0 Å². The zero-order valence-corrected chi connectivity index (χ0v) is 15.7. The Morgan fingerprint density at radius 1 is 1.41 bits per heavy atom. The lowest BCUT2D eigenvalue weighted by atomic mass is 9.88. The van der Waals surface area contributed by atoms with E-state index in [0.29, 0.717) is 16.5 Å². The highest BCUT2D eigenvalue weighted by atomic mass is 32.1. The number of alkyl halides is 2. The number of fused-ring (bicyclic) bond motifs is 1. The quantitative estimate of drug-likeness (QED) is 0.807. The lowest BCUT2D eigenvalue weighted by molar-refractivity contribution is -0.0512. The molecule has 0 radical (unpaired) electrons. The molecule has 5 nitrogen and oxygen atoms in total. The molecular weight excluding hydrogens is 374 g/mol. The maximum Gasteiger partial charge on any atom is 0.387 e. The van der Waals surface area contributed by atoms with E-state index in [2.05, 4.69) is 23.0 Å². The van der Waals surface area contributed by atoms with Gasteiger partial charge in [0.25, 0.3) is 5.91 Å². The molecule has 1 amide bonds. The molecule has 1 atom stereocenters. The number of nitrogens with one attached hydrogen (secondary N) is 1. The molecule has 142 valence electrons. The van der Waals surface area contributed by atoms with Crippen molar-refractivity contribution in [1.82, 2.24) is 0 Å². The number of amides is 1. The first-order valence-corrected chi connectivity index (χ1v) is 9.23. The maximum atomic E-state index is 12.6. The number of hydrogen-bond acceptors (Lipinski definition) is 5. The molecule has 0 spiro atoms. The van der Waals surface area contributed by atoms with Gasteiger partial charge < -0.3 is 14.8 Å². The number of carbonyl (C=O) groups excluding carboxylic acids is 1. The highest BCUT2D eigenvalue weighted by Crippen LogP contribution is 2.39. The van der Waals surface area contributed by atoms with Gasteiger partial charge in [-0.15, -0.1) is 11.3 Å². The monoisotopic (exact) mass is 392 g/mol. The van der Waals surface area contributed by atoms with Crippen LogP contribution >= 0.6 is 11.3 Å². The van der Waals surface area contributed by atoms with Crippen LogP contribution in [0.2, 0.25) is 0 Å². The summed E-state index contributed by atoms with van der Waals surface area (Å²) in [7, 11) is 1.30. The minimum absolute atomic E-state index is 0.0303. The van der Waals surface area contributed by atoms with Crippen molar-refractivity contribution in [3.8, 4) is 17.6 Å². The lowest BCUT2D eigenvalue weighted by Gasteiger charge is -2.17. The number of methoxy groups -OCH3 is 1. The van der Waals surface area contributed by atoms with Gasteiger partial charge in [-0.05, 0) is 48.9 Å². The molecule has 1 aliphatic rings. The first-order valence-electron chi connectivity index (χ1n) is 8.41. The van der Waals surface area contributed by atoms with Gasteiger partial charge >= 0.3 is 6.61 Å². The molecule has 2 aromatic rings. The molecule has 1 N–H and O–H groups in total. The summed E-state index contributed by atoms with van der Waals surface area (Å²) in [6.45, 7) is -0.820. The summed E-state index contributed by atoms with van der Waals surface area (Å²) in [6.07, 6.45) is 2.76. The van der Waals surface area contributed by atoms with E-state index >= 15 is 0 Å². The third-order valence-corrected chi connectivity index (χ3v) is 5.66. The van der Waals surface area contributed by atoms with Gasteiger partial charge in [0.15, 0.2) is 11.5 Å². The topological polar surface area (TPSA) is 71.3 Å². The average Bonchev–Trinajstić information content (AvgIpc) is 2.97. The highest BCUT2D eigenvalue weighted by molar-refractivity contribution is 7.16. The van der Waals surface area contributed by atoms with E-state index in [0.717, 1.165) is 29.7 Å². The van der Waals surface area contributed by atoms with Crippen molar-refractivity contribution in [1.29, 1.82) is 5.26 Å². The van der Waals surface area contributed by atoms with Crippen LogP contribution < -0.4 is 14.8 Å². The van der Waals surface area contributed by atoms with Gasteiger partial charge in [-0.25, -0.2) is 0 Å². The van der Waals surface area contributed by atoms with Crippen LogP contribution in [0, 0.1) is 17.2 Å². The fourth-order valence-electron chi connectivity index (χ4n) is 3.13. The Morgan fingerprint density at radius 2 is 2.19 bits per heavy atom. The van der Waals surface area contributed by atoms with Crippen molar-refractivity contribution in [3.63, 3.8) is 0 Å². The van der Waals surface area contributed by atoms with Crippen molar-refractivity contribution in [2.45, 2.75) is 32.8 Å². The normalized spacial score (nSPS) is 15.8. The Kier molecular flexibility index (Phi) is 5.61. The lowest BCUT2D eigenvalue weighted by Crippen LogP contribution is -2.13. The van der Waals surface area contributed by atoms with Crippen molar-refractivity contribution < 1.29 is 23.0 Å². The van der Waals surface area contributed by atoms with Crippen LogP contribution in [0.3, 0.4) is 0 Å². The highest BCUT2D eigenvalue weighted by Gasteiger charge is 2.25. The van der Waals surface area contributed by atoms with Crippen LogP contribution in [0.1, 0.15) is 39.7 Å². The van der Waals surface area contributed by atoms with Gasteiger partial charge in [0, 0.05) is 10.4 Å². The minimum Gasteiger partial charge on any atom is -0.493 e. The standard InChI is InChI=1S/C19H18F2N2O3S/c1-10-3-5-12-13(9-22)18(27-16(12)7-10)23-17(24)11-4-6-14(26-19(20)21)15(8-11)25-2/h4,6,8,10,19H,3,5,7H2,1-2H3,(H,23,24)/t10-/m0/s1. The van der Waals surface area contributed by atoms with Gasteiger partial charge in [0.1, 0.15) is 11.1 Å². The van der Waals surface area contributed by atoms with Gasteiger partial charge in [-0.1, -0.05) is 6.92 Å². The van der Waals surface area contributed by atoms with Crippen molar-refractivity contribution in [2.24, 2.45) is 5.92 Å². The van der Waals surface area contributed by atoms with Crippen LogP contribution in [-0.2, 0) is 12.8 Å².